The second kappa shape index (κ2) is 9.31. The van der Waals surface area contributed by atoms with E-state index in [0.29, 0.717) is 6.04 Å². The highest BCUT2D eigenvalue weighted by Gasteiger charge is 2.22. The number of aryl methyl sites for hydroxylation is 1. The lowest BCUT2D eigenvalue weighted by Gasteiger charge is -2.38. The number of aliphatic imine (C=N–C) groups is 1. The fourth-order valence-electron chi connectivity index (χ4n) is 2.85. The predicted octanol–water partition coefficient (Wildman–Crippen LogP) is 3.59. The molecule has 1 saturated heterocycles. The Labute approximate surface area is 151 Å². The molecule has 2 rings (SSSR count). The van der Waals surface area contributed by atoms with Crippen molar-refractivity contribution < 1.29 is 0 Å². The number of amidine groups is 1. The molecule has 1 aromatic rings. The van der Waals surface area contributed by atoms with E-state index in [9.17, 15) is 0 Å². The Balaban J connectivity index is 1.79. The van der Waals surface area contributed by atoms with Gasteiger partial charge < -0.3 is 4.90 Å². The lowest BCUT2D eigenvalue weighted by molar-refractivity contribution is 0.136. The minimum atomic E-state index is 0.575. The van der Waals surface area contributed by atoms with Gasteiger partial charge in [-0.15, -0.1) is 4.99 Å². The van der Waals surface area contributed by atoms with Gasteiger partial charge in [0.2, 0.25) is 6.19 Å². The summed E-state index contributed by atoms with van der Waals surface area (Å²) in [6.45, 7) is 6.28. The number of halogens is 1. The van der Waals surface area contributed by atoms with Crippen molar-refractivity contribution in [3.05, 3.63) is 34.3 Å². The molecule has 1 aliphatic rings. The van der Waals surface area contributed by atoms with Gasteiger partial charge in [0.15, 0.2) is 5.17 Å². The first-order valence-electron chi connectivity index (χ1n) is 7.88. The van der Waals surface area contributed by atoms with Crippen LogP contribution in [0.1, 0.15) is 18.9 Å². The highest BCUT2D eigenvalue weighted by Crippen LogP contribution is 2.16. The standard InChI is InChI=1S/C17H23BrN4S/c1-14(3-4-15-5-7-16(18)8-6-15)21-9-11-22(12-10-21)17(23-2)20-13-19/h5-8,14H,3-4,9-12H2,1-2H3/b20-17-. The van der Waals surface area contributed by atoms with Crippen LogP contribution in [-0.4, -0.2) is 53.4 Å². The number of thioether (sulfide) groups is 1. The van der Waals surface area contributed by atoms with Gasteiger partial charge in [0.05, 0.1) is 0 Å². The summed E-state index contributed by atoms with van der Waals surface area (Å²) in [4.78, 5) is 8.66. The van der Waals surface area contributed by atoms with Gasteiger partial charge in [0.1, 0.15) is 0 Å². The fourth-order valence-corrected chi connectivity index (χ4v) is 3.69. The number of hydrogen-bond acceptors (Lipinski definition) is 4. The number of nitrogens with zero attached hydrogens (tertiary/aromatic N) is 4. The van der Waals surface area contributed by atoms with Crippen LogP contribution in [0.4, 0.5) is 0 Å². The van der Waals surface area contributed by atoms with E-state index in [0.717, 1.165) is 42.2 Å². The first kappa shape index (κ1) is 18.3. The molecule has 1 aliphatic heterocycles. The van der Waals surface area contributed by atoms with Crippen molar-refractivity contribution in [3.63, 3.8) is 0 Å². The van der Waals surface area contributed by atoms with Gasteiger partial charge >= 0.3 is 0 Å². The number of hydrogen-bond donors (Lipinski definition) is 0. The zero-order valence-corrected chi connectivity index (χ0v) is 16.1. The summed E-state index contributed by atoms with van der Waals surface area (Å²) in [7, 11) is 0. The van der Waals surface area contributed by atoms with Crippen LogP contribution in [0.15, 0.2) is 33.7 Å². The molecule has 4 nitrogen and oxygen atoms in total. The molecule has 0 radical (unpaired) electrons. The molecule has 0 saturated carbocycles. The van der Waals surface area contributed by atoms with Gasteiger partial charge in [-0.1, -0.05) is 39.8 Å². The molecule has 0 spiro atoms. The molecule has 0 aliphatic carbocycles. The third-order valence-electron chi connectivity index (χ3n) is 4.30. The molecule has 1 fully saturated rings. The van der Waals surface area contributed by atoms with Crippen molar-refractivity contribution in [2.45, 2.75) is 25.8 Å². The van der Waals surface area contributed by atoms with Gasteiger partial charge in [-0.2, -0.15) is 5.26 Å². The van der Waals surface area contributed by atoms with Gasteiger partial charge in [0, 0.05) is 36.7 Å². The van der Waals surface area contributed by atoms with E-state index in [1.165, 1.54) is 12.0 Å². The van der Waals surface area contributed by atoms with Crippen molar-refractivity contribution in [1.82, 2.24) is 9.80 Å². The van der Waals surface area contributed by atoms with E-state index in [2.05, 4.69) is 61.9 Å². The number of rotatable bonds is 4. The molecule has 1 atom stereocenters. The topological polar surface area (TPSA) is 42.6 Å². The first-order chi connectivity index (χ1) is 11.1. The Hall–Kier alpha value is -1.03. The van der Waals surface area contributed by atoms with Crippen molar-refractivity contribution >= 4 is 32.9 Å². The average molecular weight is 395 g/mol. The van der Waals surface area contributed by atoms with E-state index in [1.54, 1.807) is 11.8 Å². The zero-order chi connectivity index (χ0) is 16.7. The van der Waals surface area contributed by atoms with Crippen molar-refractivity contribution in [2.24, 2.45) is 4.99 Å². The highest BCUT2D eigenvalue weighted by atomic mass is 79.9. The first-order valence-corrected chi connectivity index (χ1v) is 9.90. The highest BCUT2D eigenvalue weighted by molar-refractivity contribution is 9.10. The molecule has 1 unspecified atom stereocenters. The SMILES string of the molecule is CS/C(=N\C#N)N1CCN(C(C)CCc2ccc(Br)cc2)CC1. The quantitative estimate of drug-likeness (QED) is 0.444. The van der Waals surface area contributed by atoms with E-state index in [-0.39, 0.29) is 0 Å². The van der Waals surface area contributed by atoms with Crippen LogP contribution in [0.2, 0.25) is 0 Å². The van der Waals surface area contributed by atoms with Gasteiger partial charge in [-0.3, -0.25) is 4.90 Å². The van der Waals surface area contributed by atoms with Crippen LogP contribution in [0.5, 0.6) is 0 Å². The van der Waals surface area contributed by atoms with Crippen LogP contribution in [0.3, 0.4) is 0 Å². The van der Waals surface area contributed by atoms with Gasteiger partial charge in [-0.05, 0) is 43.7 Å². The molecular formula is C17H23BrN4S. The smallest absolute Gasteiger partial charge is 0.208 e. The maximum atomic E-state index is 8.74. The number of piperazine rings is 1. The second-order valence-corrected chi connectivity index (χ2v) is 7.42. The molecule has 0 bridgehead atoms. The summed E-state index contributed by atoms with van der Waals surface area (Å²) < 4.78 is 1.13. The van der Waals surface area contributed by atoms with Crippen LogP contribution in [0.25, 0.3) is 0 Å². The van der Waals surface area contributed by atoms with Crippen molar-refractivity contribution in [3.8, 4) is 6.19 Å². The van der Waals surface area contributed by atoms with E-state index < -0.39 is 0 Å². The molecule has 124 valence electrons. The van der Waals surface area contributed by atoms with E-state index in [4.69, 9.17) is 5.26 Å². The average Bonchev–Trinajstić information content (AvgIpc) is 2.59. The Morgan fingerprint density at radius 2 is 1.96 bits per heavy atom. The lowest BCUT2D eigenvalue weighted by atomic mass is 10.0. The molecule has 23 heavy (non-hydrogen) atoms. The fraction of sp³-hybridized carbons (Fsp3) is 0.529. The monoisotopic (exact) mass is 394 g/mol. The summed E-state index contributed by atoms with van der Waals surface area (Å²) in [5.74, 6) is 0. The summed E-state index contributed by atoms with van der Waals surface area (Å²) in [6.07, 6.45) is 6.16. The maximum absolute atomic E-state index is 8.74. The van der Waals surface area contributed by atoms with E-state index in [1.807, 2.05) is 12.4 Å². The largest absolute Gasteiger partial charge is 0.348 e. The third kappa shape index (κ3) is 5.52. The molecule has 1 heterocycles. The van der Waals surface area contributed by atoms with Crippen LogP contribution < -0.4 is 0 Å². The molecule has 0 amide bonds. The minimum Gasteiger partial charge on any atom is -0.348 e. The third-order valence-corrected chi connectivity index (χ3v) is 5.54. The Kier molecular flexibility index (Phi) is 7.41. The van der Waals surface area contributed by atoms with E-state index >= 15 is 0 Å². The van der Waals surface area contributed by atoms with Crippen LogP contribution in [-0.2, 0) is 6.42 Å². The number of nitriles is 1. The summed E-state index contributed by atoms with van der Waals surface area (Å²) >= 11 is 5.03. The molecule has 0 aromatic heterocycles. The van der Waals surface area contributed by atoms with Crippen molar-refractivity contribution in [1.29, 1.82) is 5.26 Å². The Morgan fingerprint density at radius 1 is 1.30 bits per heavy atom. The van der Waals surface area contributed by atoms with Gasteiger partial charge in [-0.25, -0.2) is 0 Å². The van der Waals surface area contributed by atoms with Crippen molar-refractivity contribution in [2.75, 3.05) is 32.4 Å². The Bertz CT molecular complexity index is 559. The summed E-state index contributed by atoms with van der Waals surface area (Å²) in [5.41, 5.74) is 1.39. The van der Waals surface area contributed by atoms with Crippen LogP contribution >= 0.6 is 27.7 Å². The molecular weight excluding hydrogens is 372 g/mol. The Morgan fingerprint density at radius 3 is 2.52 bits per heavy atom. The second-order valence-electron chi connectivity index (χ2n) is 5.74. The maximum Gasteiger partial charge on any atom is 0.208 e. The van der Waals surface area contributed by atoms with Crippen LogP contribution in [0, 0.1) is 11.5 Å². The molecule has 6 heteroatoms. The van der Waals surface area contributed by atoms with Gasteiger partial charge in [0.25, 0.3) is 0 Å². The molecule has 1 aromatic carbocycles. The molecule has 0 N–H and O–H groups in total. The zero-order valence-electron chi connectivity index (χ0n) is 13.7. The normalized spacial score (nSPS) is 17.8. The summed E-state index contributed by atoms with van der Waals surface area (Å²) in [6, 6.07) is 9.18. The lowest BCUT2D eigenvalue weighted by Crippen LogP contribution is -2.50. The summed E-state index contributed by atoms with van der Waals surface area (Å²) in [5, 5.41) is 9.59. The predicted molar refractivity (Wildman–Crippen MR) is 102 cm³/mol. The minimum absolute atomic E-state index is 0.575. The number of benzene rings is 1.